The van der Waals surface area contributed by atoms with Crippen LogP contribution in [-0.2, 0) is 0 Å². The van der Waals surface area contributed by atoms with Gasteiger partial charge < -0.3 is 10.5 Å². The van der Waals surface area contributed by atoms with E-state index < -0.39 is 0 Å². The van der Waals surface area contributed by atoms with Crippen LogP contribution in [0.15, 0.2) is 6.07 Å². The number of hydrogen-bond acceptors (Lipinski definition) is 3. The van der Waals surface area contributed by atoms with E-state index in [1.807, 2.05) is 19.9 Å². The zero-order valence-corrected chi connectivity index (χ0v) is 13.8. The van der Waals surface area contributed by atoms with Crippen molar-refractivity contribution in [3.8, 4) is 5.75 Å². The number of nitrogens with one attached hydrogen (secondary N) is 1. The Morgan fingerprint density at radius 1 is 1.38 bits per heavy atom. The quantitative estimate of drug-likeness (QED) is 0.660. The molecule has 0 bridgehead atoms. The highest BCUT2D eigenvalue weighted by molar-refractivity contribution is 5.98. The van der Waals surface area contributed by atoms with Gasteiger partial charge in [-0.3, -0.25) is 10.4 Å². The largest absolute Gasteiger partial charge is 0.489 e. The number of pyridine rings is 1. The maximum atomic E-state index is 7.78. The zero-order valence-electron chi connectivity index (χ0n) is 13.8. The van der Waals surface area contributed by atoms with Crippen LogP contribution in [-0.4, -0.2) is 16.9 Å². The molecule has 0 radical (unpaired) electrons. The van der Waals surface area contributed by atoms with Crippen molar-refractivity contribution < 1.29 is 4.74 Å². The van der Waals surface area contributed by atoms with Crippen LogP contribution < -0.4 is 10.5 Å². The summed E-state index contributed by atoms with van der Waals surface area (Å²) in [6.45, 7) is 10.7. The highest BCUT2D eigenvalue weighted by atomic mass is 16.5. The third kappa shape index (κ3) is 3.74. The van der Waals surface area contributed by atoms with Crippen molar-refractivity contribution in [1.29, 1.82) is 5.41 Å². The highest BCUT2D eigenvalue weighted by Gasteiger charge is 2.33. The van der Waals surface area contributed by atoms with Crippen LogP contribution in [0.5, 0.6) is 5.75 Å². The van der Waals surface area contributed by atoms with E-state index in [0.29, 0.717) is 22.6 Å². The summed E-state index contributed by atoms with van der Waals surface area (Å²) in [5, 5.41) is 7.78. The van der Waals surface area contributed by atoms with Gasteiger partial charge in [-0.15, -0.1) is 0 Å². The first-order valence-electron chi connectivity index (χ1n) is 7.67. The van der Waals surface area contributed by atoms with Crippen LogP contribution in [0.1, 0.15) is 57.0 Å². The van der Waals surface area contributed by atoms with Crippen LogP contribution in [0.25, 0.3) is 0 Å². The maximum absolute atomic E-state index is 7.78. The summed E-state index contributed by atoms with van der Waals surface area (Å²) >= 11 is 0. The Labute approximate surface area is 127 Å². The monoisotopic (exact) mass is 289 g/mol. The van der Waals surface area contributed by atoms with Crippen molar-refractivity contribution >= 4 is 5.84 Å². The van der Waals surface area contributed by atoms with E-state index in [-0.39, 0.29) is 11.9 Å². The van der Waals surface area contributed by atoms with Crippen LogP contribution in [0.3, 0.4) is 0 Å². The van der Waals surface area contributed by atoms with Gasteiger partial charge in [-0.1, -0.05) is 20.8 Å². The number of nitrogen functional groups attached to an aromatic ring is 1. The second kappa shape index (κ2) is 5.66. The van der Waals surface area contributed by atoms with Gasteiger partial charge in [0.1, 0.15) is 11.6 Å². The lowest BCUT2D eigenvalue weighted by Gasteiger charge is -2.39. The van der Waals surface area contributed by atoms with Crippen molar-refractivity contribution in [2.24, 2.45) is 17.1 Å². The van der Waals surface area contributed by atoms with Crippen molar-refractivity contribution in [2.75, 3.05) is 0 Å². The number of nitrogens with two attached hydrogens (primary N) is 1. The molecule has 0 aromatic carbocycles. The van der Waals surface area contributed by atoms with E-state index in [9.17, 15) is 0 Å². The molecular weight excluding hydrogens is 262 g/mol. The van der Waals surface area contributed by atoms with E-state index in [4.69, 9.17) is 15.9 Å². The molecule has 0 aliphatic heterocycles. The minimum Gasteiger partial charge on any atom is -0.489 e. The van der Waals surface area contributed by atoms with Gasteiger partial charge in [0.15, 0.2) is 0 Å². The summed E-state index contributed by atoms with van der Waals surface area (Å²) in [5.41, 5.74) is 8.31. The molecule has 4 nitrogen and oxygen atoms in total. The number of ether oxygens (including phenoxy) is 1. The Balaban J connectivity index is 2.29. The lowest BCUT2D eigenvalue weighted by Crippen LogP contribution is -2.34. The number of amidine groups is 1. The third-order valence-corrected chi connectivity index (χ3v) is 4.20. The smallest absolute Gasteiger partial charge is 0.134 e. The fourth-order valence-electron chi connectivity index (χ4n) is 3.74. The molecule has 3 N–H and O–H groups in total. The molecule has 2 unspecified atom stereocenters. The maximum Gasteiger partial charge on any atom is 0.134 e. The summed E-state index contributed by atoms with van der Waals surface area (Å²) in [6, 6.07) is 1.90. The van der Waals surface area contributed by atoms with Gasteiger partial charge in [-0.2, -0.15) is 0 Å². The van der Waals surface area contributed by atoms with Crippen LogP contribution >= 0.6 is 0 Å². The molecule has 1 heterocycles. The fraction of sp³-hybridized carbons (Fsp3) is 0.647. The number of nitrogens with zero attached hydrogens (tertiary/aromatic N) is 1. The van der Waals surface area contributed by atoms with Crippen molar-refractivity contribution in [3.05, 3.63) is 23.0 Å². The van der Waals surface area contributed by atoms with Crippen molar-refractivity contribution in [2.45, 2.75) is 60.0 Å². The van der Waals surface area contributed by atoms with E-state index in [2.05, 4.69) is 25.8 Å². The number of aromatic nitrogens is 1. The normalized spacial score (nSPS) is 24.6. The topological polar surface area (TPSA) is 72.0 Å². The van der Waals surface area contributed by atoms with Crippen LogP contribution in [0.4, 0.5) is 0 Å². The second-order valence-corrected chi connectivity index (χ2v) is 7.29. The molecule has 1 aliphatic rings. The lowest BCUT2D eigenvalue weighted by atomic mass is 9.71. The van der Waals surface area contributed by atoms with Gasteiger partial charge in [0.25, 0.3) is 0 Å². The van der Waals surface area contributed by atoms with E-state index >= 15 is 0 Å². The fourth-order valence-corrected chi connectivity index (χ4v) is 3.74. The predicted octanol–water partition coefficient (Wildman–Crippen LogP) is 3.58. The van der Waals surface area contributed by atoms with Gasteiger partial charge in [0, 0.05) is 11.8 Å². The lowest BCUT2D eigenvalue weighted by molar-refractivity contribution is 0.0560. The molecule has 0 spiro atoms. The van der Waals surface area contributed by atoms with Crippen molar-refractivity contribution in [3.63, 3.8) is 0 Å². The van der Waals surface area contributed by atoms with E-state index in [1.165, 1.54) is 6.42 Å². The molecule has 1 aromatic heterocycles. The predicted molar refractivity (Wildman–Crippen MR) is 85.9 cm³/mol. The molecular formula is C17H27N3O. The van der Waals surface area contributed by atoms with Crippen molar-refractivity contribution in [1.82, 2.24) is 4.98 Å². The molecule has 1 fully saturated rings. The molecule has 0 saturated heterocycles. The first kappa shape index (κ1) is 15.8. The summed E-state index contributed by atoms with van der Waals surface area (Å²) < 4.78 is 6.25. The SMILES string of the molecule is Cc1cc(OC2CC(C)CC(C)(C)C2)c(C(=N)N)c(C)n1. The number of rotatable bonds is 3. The minimum atomic E-state index is 0.0260. The van der Waals surface area contributed by atoms with E-state index in [1.54, 1.807) is 0 Å². The molecule has 116 valence electrons. The Hall–Kier alpha value is -1.58. The van der Waals surface area contributed by atoms with Crippen LogP contribution in [0.2, 0.25) is 0 Å². The van der Waals surface area contributed by atoms with Gasteiger partial charge in [0.2, 0.25) is 0 Å². The molecule has 2 atom stereocenters. The Bertz CT molecular complexity index is 551. The number of hydrogen-bond donors (Lipinski definition) is 2. The molecule has 0 amide bonds. The average molecular weight is 289 g/mol. The van der Waals surface area contributed by atoms with Gasteiger partial charge in [-0.25, -0.2) is 0 Å². The molecule has 2 rings (SSSR count). The molecule has 1 aromatic rings. The third-order valence-electron chi connectivity index (χ3n) is 4.20. The minimum absolute atomic E-state index is 0.0260. The molecule has 1 aliphatic carbocycles. The van der Waals surface area contributed by atoms with Gasteiger partial charge >= 0.3 is 0 Å². The zero-order chi connectivity index (χ0) is 15.8. The molecule has 1 saturated carbocycles. The summed E-state index contributed by atoms with van der Waals surface area (Å²) in [4.78, 5) is 4.39. The van der Waals surface area contributed by atoms with E-state index in [0.717, 1.165) is 24.2 Å². The summed E-state index contributed by atoms with van der Waals surface area (Å²) in [7, 11) is 0. The Morgan fingerprint density at radius 2 is 2.05 bits per heavy atom. The Kier molecular flexibility index (Phi) is 4.26. The average Bonchev–Trinajstić information content (AvgIpc) is 2.23. The standard InChI is InChI=1S/C17H27N3O/c1-10-6-13(9-17(4,5)8-10)21-14-7-11(2)20-12(3)15(14)16(18)19/h7,10,13H,6,8-9H2,1-5H3,(H3,18,19). The first-order chi connectivity index (χ1) is 9.68. The second-order valence-electron chi connectivity index (χ2n) is 7.29. The van der Waals surface area contributed by atoms with Crippen LogP contribution in [0, 0.1) is 30.6 Å². The van der Waals surface area contributed by atoms with Gasteiger partial charge in [-0.05, 0) is 44.4 Å². The molecule has 21 heavy (non-hydrogen) atoms. The number of aryl methyl sites for hydroxylation is 2. The summed E-state index contributed by atoms with van der Waals surface area (Å²) in [6.07, 6.45) is 3.51. The Morgan fingerprint density at radius 3 is 2.62 bits per heavy atom. The van der Waals surface area contributed by atoms with Gasteiger partial charge in [0.05, 0.1) is 17.4 Å². The molecule has 4 heteroatoms. The summed E-state index contributed by atoms with van der Waals surface area (Å²) in [5.74, 6) is 1.39. The first-order valence-corrected chi connectivity index (χ1v) is 7.67. The highest BCUT2D eigenvalue weighted by Crippen LogP contribution is 2.40.